The van der Waals surface area contributed by atoms with E-state index < -0.39 is 0 Å². The number of nitrogens with two attached hydrogens (primary N) is 1. The van der Waals surface area contributed by atoms with E-state index in [0.29, 0.717) is 5.92 Å². The Morgan fingerprint density at radius 2 is 2.25 bits per heavy atom. The van der Waals surface area contributed by atoms with Crippen LogP contribution in [0.4, 0.5) is 0 Å². The van der Waals surface area contributed by atoms with Crippen molar-refractivity contribution in [2.75, 3.05) is 0 Å². The first-order chi connectivity index (χ1) is 5.63. The number of hydrogen-bond acceptors (Lipinski definition) is 1. The molecule has 12 heavy (non-hydrogen) atoms. The summed E-state index contributed by atoms with van der Waals surface area (Å²) in [6.07, 6.45) is 5.50. The molecule has 0 aromatic carbocycles. The van der Waals surface area contributed by atoms with E-state index in [1.807, 2.05) is 0 Å². The molecule has 0 aromatic heterocycles. The zero-order valence-corrected chi connectivity index (χ0v) is 8.10. The zero-order chi connectivity index (χ0) is 9.19. The van der Waals surface area contributed by atoms with Gasteiger partial charge in [0, 0.05) is 0 Å². The van der Waals surface area contributed by atoms with Gasteiger partial charge in [-0.3, -0.25) is 4.79 Å². The maximum atomic E-state index is 11.3. The van der Waals surface area contributed by atoms with Crippen LogP contribution in [0.5, 0.6) is 0 Å². The third-order valence-electron chi connectivity index (χ3n) is 3.57. The maximum Gasteiger partial charge on any atom is 0.223 e. The number of hydrogen-bond donors (Lipinski definition) is 1. The Bertz CT molecular complexity index is 179. The predicted octanol–water partition coefficient (Wildman–Crippen LogP) is 2.08. The highest BCUT2D eigenvalue weighted by molar-refractivity contribution is 5.81. The molecule has 2 nitrogen and oxygen atoms in total. The molecule has 0 radical (unpaired) electrons. The van der Waals surface area contributed by atoms with Crippen LogP contribution in [0.2, 0.25) is 0 Å². The van der Waals surface area contributed by atoms with Crippen molar-refractivity contribution in [1.82, 2.24) is 0 Å². The highest BCUT2D eigenvalue weighted by Crippen LogP contribution is 2.43. The van der Waals surface area contributed by atoms with Gasteiger partial charge in [-0.1, -0.05) is 26.7 Å². The van der Waals surface area contributed by atoms with Gasteiger partial charge in [0.2, 0.25) is 5.91 Å². The smallest absolute Gasteiger partial charge is 0.223 e. The highest BCUT2D eigenvalue weighted by atomic mass is 16.1. The lowest BCUT2D eigenvalue weighted by Crippen LogP contribution is -2.43. The van der Waals surface area contributed by atoms with Crippen molar-refractivity contribution >= 4 is 5.91 Å². The number of rotatable bonds is 2. The van der Waals surface area contributed by atoms with Gasteiger partial charge in [0.05, 0.1) is 5.41 Å². The van der Waals surface area contributed by atoms with Gasteiger partial charge in [0.25, 0.3) is 0 Å². The van der Waals surface area contributed by atoms with Crippen LogP contribution in [-0.2, 0) is 4.79 Å². The standard InChI is InChI=1S/C10H19NO/c1-3-10(9(11)12)7-5-4-6-8(10)2/h8H,3-7H2,1-2H3,(H2,11,12). The number of primary amides is 1. The van der Waals surface area contributed by atoms with Crippen LogP contribution >= 0.6 is 0 Å². The monoisotopic (exact) mass is 169 g/mol. The summed E-state index contributed by atoms with van der Waals surface area (Å²) in [5.41, 5.74) is 5.28. The van der Waals surface area contributed by atoms with Crippen LogP contribution in [0.15, 0.2) is 0 Å². The summed E-state index contributed by atoms with van der Waals surface area (Å²) >= 11 is 0. The second-order valence-electron chi connectivity index (χ2n) is 4.02. The summed E-state index contributed by atoms with van der Waals surface area (Å²) in [5, 5.41) is 0. The van der Waals surface area contributed by atoms with Crippen molar-refractivity contribution in [2.24, 2.45) is 17.1 Å². The number of carbonyl (C=O) groups is 1. The van der Waals surface area contributed by atoms with E-state index in [-0.39, 0.29) is 11.3 Å². The summed E-state index contributed by atoms with van der Waals surface area (Å²) < 4.78 is 0. The highest BCUT2D eigenvalue weighted by Gasteiger charge is 2.41. The average molecular weight is 169 g/mol. The Balaban J connectivity index is 2.81. The zero-order valence-electron chi connectivity index (χ0n) is 8.10. The fourth-order valence-electron chi connectivity index (χ4n) is 2.48. The lowest BCUT2D eigenvalue weighted by Gasteiger charge is -2.39. The van der Waals surface area contributed by atoms with Crippen molar-refractivity contribution in [3.05, 3.63) is 0 Å². The third kappa shape index (κ3) is 1.35. The maximum absolute atomic E-state index is 11.3. The molecule has 2 N–H and O–H groups in total. The molecule has 0 heterocycles. The molecule has 1 fully saturated rings. The molecule has 1 saturated carbocycles. The SMILES string of the molecule is CCC1(C(N)=O)CCCCC1C. The summed E-state index contributed by atoms with van der Waals surface area (Å²) in [4.78, 5) is 11.3. The molecule has 2 heteroatoms. The van der Waals surface area contributed by atoms with E-state index in [9.17, 15) is 4.79 Å². The minimum Gasteiger partial charge on any atom is -0.369 e. The topological polar surface area (TPSA) is 43.1 Å². The summed E-state index contributed by atoms with van der Waals surface area (Å²) in [7, 11) is 0. The average Bonchev–Trinajstić information content (AvgIpc) is 2.05. The van der Waals surface area contributed by atoms with Crippen LogP contribution in [0.1, 0.15) is 46.0 Å². The van der Waals surface area contributed by atoms with Gasteiger partial charge in [-0.05, 0) is 25.2 Å². The minimum absolute atomic E-state index is 0.0859. The van der Waals surface area contributed by atoms with Gasteiger partial charge in [-0.15, -0.1) is 0 Å². The molecule has 0 aromatic rings. The van der Waals surface area contributed by atoms with Crippen LogP contribution in [-0.4, -0.2) is 5.91 Å². The van der Waals surface area contributed by atoms with Crippen molar-refractivity contribution in [1.29, 1.82) is 0 Å². The fraction of sp³-hybridized carbons (Fsp3) is 0.900. The quantitative estimate of drug-likeness (QED) is 0.675. The first-order valence-electron chi connectivity index (χ1n) is 4.93. The molecule has 0 spiro atoms. The second kappa shape index (κ2) is 3.46. The molecule has 1 rings (SSSR count). The normalized spacial score (nSPS) is 36.3. The molecule has 1 aliphatic rings. The van der Waals surface area contributed by atoms with Gasteiger partial charge in [-0.25, -0.2) is 0 Å². The van der Waals surface area contributed by atoms with Crippen LogP contribution in [0, 0.1) is 11.3 Å². The molecule has 2 unspecified atom stereocenters. The Morgan fingerprint density at radius 1 is 1.58 bits per heavy atom. The Hall–Kier alpha value is -0.530. The Morgan fingerprint density at radius 3 is 2.58 bits per heavy atom. The van der Waals surface area contributed by atoms with Crippen molar-refractivity contribution < 1.29 is 4.79 Å². The molecule has 2 atom stereocenters. The molecule has 0 saturated heterocycles. The molecule has 0 bridgehead atoms. The molecular weight excluding hydrogens is 150 g/mol. The van der Waals surface area contributed by atoms with Crippen molar-refractivity contribution in [3.8, 4) is 0 Å². The van der Waals surface area contributed by atoms with Gasteiger partial charge in [0.15, 0.2) is 0 Å². The van der Waals surface area contributed by atoms with E-state index in [1.165, 1.54) is 12.8 Å². The first kappa shape index (κ1) is 9.56. The van der Waals surface area contributed by atoms with E-state index in [0.717, 1.165) is 19.3 Å². The summed E-state index contributed by atoms with van der Waals surface area (Å²) in [6, 6.07) is 0. The van der Waals surface area contributed by atoms with Gasteiger partial charge in [-0.2, -0.15) is 0 Å². The van der Waals surface area contributed by atoms with Gasteiger partial charge in [0.1, 0.15) is 0 Å². The summed E-state index contributed by atoms with van der Waals surface area (Å²) in [6.45, 7) is 4.24. The van der Waals surface area contributed by atoms with Crippen LogP contribution in [0.3, 0.4) is 0 Å². The molecule has 1 amide bonds. The first-order valence-corrected chi connectivity index (χ1v) is 4.93. The Labute approximate surface area is 74.5 Å². The molecule has 70 valence electrons. The number of carbonyl (C=O) groups excluding carboxylic acids is 1. The summed E-state index contributed by atoms with van der Waals surface area (Å²) in [5.74, 6) is 0.394. The van der Waals surface area contributed by atoms with E-state index in [2.05, 4.69) is 13.8 Å². The van der Waals surface area contributed by atoms with Gasteiger partial charge >= 0.3 is 0 Å². The Kier molecular flexibility index (Phi) is 2.76. The van der Waals surface area contributed by atoms with E-state index in [1.54, 1.807) is 0 Å². The lowest BCUT2D eigenvalue weighted by molar-refractivity contribution is -0.133. The third-order valence-corrected chi connectivity index (χ3v) is 3.57. The predicted molar refractivity (Wildman–Crippen MR) is 49.6 cm³/mol. The minimum atomic E-state index is -0.182. The molecular formula is C10H19NO. The molecule has 0 aliphatic heterocycles. The van der Waals surface area contributed by atoms with Crippen LogP contribution < -0.4 is 5.73 Å². The lowest BCUT2D eigenvalue weighted by atomic mass is 9.65. The number of amides is 1. The van der Waals surface area contributed by atoms with Crippen LogP contribution in [0.25, 0.3) is 0 Å². The van der Waals surface area contributed by atoms with E-state index >= 15 is 0 Å². The van der Waals surface area contributed by atoms with Crippen molar-refractivity contribution in [2.45, 2.75) is 46.0 Å². The second-order valence-corrected chi connectivity index (χ2v) is 4.02. The molecule has 1 aliphatic carbocycles. The fourth-order valence-corrected chi connectivity index (χ4v) is 2.48. The van der Waals surface area contributed by atoms with E-state index in [4.69, 9.17) is 5.73 Å². The largest absolute Gasteiger partial charge is 0.369 e. The van der Waals surface area contributed by atoms with Gasteiger partial charge < -0.3 is 5.73 Å². The van der Waals surface area contributed by atoms with Crippen molar-refractivity contribution in [3.63, 3.8) is 0 Å².